The summed E-state index contributed by atoms with van der Waals surface area (Å²) in [6.45, 7) is -1.39. The van der Waals surface area contributed by atoms with Crippen LogP contribution in [0.15, 0.2) is 12.1 Å². The molecule has 158 valence electrons. The summed E-state index contributed by atoms with van der Waals surface area (Å²) in [7, 11) is 1.07. The van der Waals surface area contributed by atoms with Crippen molar-refractivity contribution < 1.29 is 43.0 Å². The molecule has 3 rings (SSSR count). The van der Waals surface area contributed by atoms with Crippen LogP contribution in [0, 0.1) is 5.82 Å². The maximum Gasteiger partial charge on any atom is 0.325 e. The van der Waals surface area contributed by atoms with Gasteiger partial charge in [0.1, 0.15) is 24.9 Å². The number of nitrogens with zero attached hydrogens (tertiary/aromatic N) is 2. The number of hydrogen-bond donors (Lipinski definition) is 2. The number of fused-ring (bicyclic) bond motifs is 1. The van der Waals surface area contributed by atoms with Crippen LogP contribution in [-0.4, -0.2) is 71.8 Å². The number of methoxy groups -OCH3 is 1. The van der Waals surface area contributed by atoms with Crippen molar-refractivity contribution in [3.63, 3.8) is 0 Å². The van der Waals surface area contributed by atoms with Gasteiger partial charge in [0.05, 0.1) is 23.9 Å². The highest BCUT2D eigenvalue weighted by Crippen LogP contribution is 2.32. The zero-order valence-electron chi connectivity index (χ0n) is 15.6. The van der Waals surface area contributed by atoms with Crippen LogP contribution in [-0.2, 0) is 23.9 Å². The highest BCUT2D eigenvalue weighted by Gasteiger charge is 2.45. The molecule has 1 saturated heterocycles. The first kappa shape index (κ1) is 20.9. The normalized spacial score (nSPS) is 18.2. The van der Waals surface area contributed by atoms with Gasteiger partial charge in [-0.3, -0.25) is 39.0 Å². The van der Waals surface area contributed by atoms with E-state index in [0.29, 0.717) is 4.90 Å². The topological polar surface area (TPSA) is 150 Å². The van der Waals surface area contributed by atoms with Crippen molar-refractivity contribution in [1.82, 2.24) is 10.2 Å². The van der Waals surface area contributed by atoms with Crippen LogP contribution in [0.25, 0.3) is 0 Å². The Bertz CT molecular complexity index is 992. The van der Waals surface area contributed by atoms with E-state index in [-0.39, 0.29) is 24.0 Å². The van der Waals surface area contributed by atoms with Crippen molar-refractivity contribution in [2.45, 2.75) is 18.9 Å². The number of benzene rings is 1. The maximum absolute atomic E-state index is 14.7. The number of carbonyl (C=O) groups excluding carboxylic acids is 5. The number of halogens is 1. The Hall–Kier alpha value is -3.83. The second-order valence-corrected chi connectivity index (χ2v) is 6.62. The average Bonchev–Trinajstić information content (AvgIpc) is 2.90. The molecule has 2 N–H and O–H groups in total. The first-order valence-corrected chi connectivity index (χ1v) is 8.72. The lowest BCUT2D eigenvalue weighted by atomic mass is 10.0. The summed E-state index contributed by atoms with van der Waals surface area (Å²) in [4.78, 5) is 73.1. The fourth-order valence-electron chi connectivity index (χ4n) is 3.33. The molecule has 0 radical (unpaired) electrons. The van der Waals surface area contributed by atoms with Gasteiger partial charge in [0.15, 0.2) is 0 Å². The number of carboxylic acids is 1. The molecular weight excluding hydrogens is 405 g/mol. The van der Waals surface area contributed by atoms with Gasteiger partial charge in [-0.1, -0.05) is 0 Å². The summed E-state index contributed by atoms with van der Waals surface area (Å²) in [6, 6.07) is 0.484. The number of imide groups is 2. The quantitative estimate of drug-likeness (QED) is 0.448. The number of piperidine rings is 1. The first-order chi connectivity index (χ1) is 14.1. The van der Waals surface area contributed by atoms with Crippen molar-refractivity contribution in [2.75, 3.05) is 25.1 Å². The van der Waals surface area contributed by atoms with E-state index in [4.69, 9.17) is 5.11 Å². The second-order valence-electron chi connectivity index (χ2n) is 6.62. The summed E-state index contributed by atoms with van der Waals surface area (Å²) >= 11 is 0. The fourth-order valence-corrected chi connectivity index (χ4v) is 3.33. The van der Waals surface area contributed by atoms with Crippen LogP contribution in [0.5, 0.6) is 0 Å². The van der Waals surface area contributed by atoms with Crippen LogP contribution < -0.4 is 10.2 Å². The predicted molar refractivity (Wildman–Crippen MR) is 94.9 cm³/mol. The maximum atomic E-state index is 14.7. The van der Waals surface area contributed by atoms with Gasteiger partial charge in [-0.05, 0) is 18.6 Å². The zero-order valence-corrected chi connectivity index (χ0v) is 15.6. The molecule has 0 spiro atoms. The summed E-state index contributed by atoms with van der Waals surface area (Å²) < 4.78 is 19.2. The lowest BCUT2D eigenvalue weighted by Gasteiger charge is -2.27. The van der Waals surface area contributed by atoms with E-state index < -0.39 is 66.2 Å². The summed E-state index contributed by atoms with van der Waals surface area (Å²) in [5, 5.41) is 11.1. The molecule has 0 aromatic heterocycles. The molecule has 2 aliphatic rings. The molecule has 30 heavy (non-hydrogen) atoms. The van der Waals surface area contributed by atoms with E-state index in [1.165, 1.54) is 0 Å². The third-order valence-electron chi connectivity index (χ3n) is 4.72. The number of aliphatic carboxylic acids is 1. The number of rotatable bonds is 6. The van der Waals surface area contributed by atoms with Gasteiger partial charge in [0, 0.05) is 6.42 Å². The lowest BCUT2D eigenvalue weighted by Crippen LogP contribution is -2.54. The Morgan fingerprint density at radius 1 is 1.20 bits per heavy atom. The standard InChI is InChI=1S/C18H16FN3O8/c1-30-15(26)7-21(6-14(24)25)12-5-9-8(4-10(12)19)17(28)22(18(9)29)11-2-3-13(23)20-16(11)27/h4-5,11H,2-3,6-7H2,1H3,(H,24,25)(H,20,23,27). The molecule has 1 fully saturated rings. The monoisotopic (exact) mass is 421 g/mol. The highest BCUT2D eigenvalue weighted by atomic mass is 19.1. The molecule has 0 bridgehead atoms. The van der Waals surface area contributed by atoms with Gasteiger partial charge in [-0.25, -0.2) is 4.39 Å². The first-order valence-electron chi connectivity index (χ1n) is 8.72. The number of nitrogens with one attached hydrogen (secondary N) is 1. The fraction of sp³-hybridized carbons (Fsp3) is 0.333. The molecule has 1 unspecified atom stereocenters. The van der Waals surface area contributed by atoms with Gasteiger partial charge >= 0.3 is 11.9 Å². The minimum Gasteiger partial charge on any atom is -0.480 e. The molecule has 1 aromatic rings. The van der Waals surface area contributed by atoms with Crippen molar-refractivity contribution in [1.29, 1.82) is 0 Å². The minimum absolute atomic E-state index is 0.0705. The van der Waals surface area contributed by atoms with Crippen LogP contribution in [0.2, 0.25) is 0 Å². The molecular formula is C18H16FN3O8. The van der Waals surface area contributed by atoms with Crippen LogP contribution in [0.1, 0.15) is 33.6 Å². The molecule has 11 nitrogen and oxygen atoms in total. The van der Waals surface area contributed by atoms with Gasteiger partial charge in [0.2, 0.25) is 11.8 Å². The van der Waals surface area contributed by atoms with Crippen LogP contribution >= 0.6 is 0 Å². The molecule has 0 aliphatic carbocycles. The lowest BCUT2D eigenvalue weighted by molar-refractivity contribution is -0.139. The van der Waals surface area contributed by atoms with Crippen molar-refractivity contribution >= 4 is 41.3 Å². The molecule has 2 aliphatic heterocycles. The number of esters is 1. The smallest absolute Gasteiger partial charge is 0.325 e. The number of carbonyl (C=O) groups is 6. The van der Waals surface area contributed by atoms with E-state index in [1.807, 2.05) is 5.32 Å². The van der Waals surface area contributed by atoms with Gasteiger partial charge in [-0.2, -0.15) is 0 Å². The van der Waals surface area contributed by atoms with E-state index in [2.05, 4.69) is 4.74 Å². The van der Waals surface area contributed by atoms with Crippen molar-refractivity contribution in [2.24, 2.45) is 0 Å². The Kier molecular flexibility index (Phi) is 5.49. The number of hydrogen-bond acceptors (Lipinski definition) is 8. The van der Waals surface area contributed by atoms with E-state index in [0.717, 1.165) is 24.1 Å². The van der Waals surface area contributed by atoms with Crippen molar-refractivity contribution in [3.8, 4) is 0 Å². The summed E-state index contributed by atoms with van der Waals surface area (Å²) in [6.07, 6.45) is -0.145. The third-order valence-corrected chi connectivity index (χ3v) is 4.72. The second kappa shape index (κ2) is 7.89. The highest BCUT2D eigenvalue weighted by molar-refractivity contribution is 6.23. The summed E-state index contributed by atoms with van der Waals surface area (Å²) in [5.41, 5.74) is -0.950. The van der Waals surface area contributed by atoms with E-state index >= 15 is 0 Å². The molecule has 1 atom stereocenters. The Balaban J connectivity index is 1.98. The summed E-state index contributed by atoms with van der Waals surface area (Å²) in [5.74, 6) is -6.40. The minimum atomic E-state index is -1.37. The molecule has 0 saturated carbocycles. The van der Waals surface area contributed by atoms with Gasteiger partial charge in [-0.15, -0.1) is 0 Å². The molecule has 4 amide bonds. The SMILES string of the molecule is COC(=O)CN(CC(=O)O)c1cc2c(cc1F)C(=O)N(C1CCC(=O)NC1=O)C2=O. The number of carboxylic acid groups (broad SMARTS) is 1. The third kappa shape index (κ3) is 3.71. The number of ether oxygens (including phenoxy) is 1. The van der Waals surface area contributed by atoms with Crippen LogP contribution in [0.3, 0.4) is 0 Å². The predicted octanol–water partition coefficient (Wildman–Crippen LogP) is -0.709. The Morgan fingerprint density at radius 3 is 2.40 bits per heavy atom. The Morgan fingerprint density at radius 2 is 1.83 bits per heavy atom. The average molecular weight is 421 g/mol. The largest absolute Gasteiger partial charge is 0.480 e. The zero-order chi connectivity index (χ0) is 22.2. The van der Waals surface area contributed by atoms with Crippen LogP contribution in [0.4, 0.5) is 10.1 Å². The molecule has 12 heteroatoms. The van der Waals surface area contributed by atoms with Gasteiger partial charge in [0.25, 0.3) is 11.8 Å². The molecule has 2 heterocycles. The molecule has 1 aromatic carbocycles. The van der Waals surface area contributed by atoms with E-state index in [9.17, 15) is 33.2 Å². The van der Waals surface area contributed by atoms with Crippen molar-refractivity contribution in [3.05, 3.63) is 29.1 Å². The number of amides is 4. The Labute approximate surface area is 168 Å². The van der Waals surface area contributed by atoms with E-state index in [1.54, 1.807) is 0 Å². The number of anilines is 1. The van der Waals surface area contributed by atoms with Gasteiger partial charge < -0.3 is 14.7 Å².